The highest BCUT2D eigenvalue weighted by Gasteiger charge is 2.41. The Morgan fingerprint density at radius 1 is 1.12 bits per heavy atom. The summed E-state index contributed by atoms with van der Waals surface area (Å²) in [4.78, 5) is 29.4. The number of fused-ring (bicyclic) bond motifs is 1. The zero-order chi connectivity index (χ0) is 17.3. The standard InChI is InChI=1S/C17H18N2O3S2/c1-3-8-18-12-7-5-4-6-11(12)13(15(18)20)14-16(21)19(9-10-22-2)17(23)24-14/h4-7H,3,8-10H2,1-2H3/b14-13+. The van der Waals surface area contributed by atoms with E-state index in [4.69, 9.17) is 17.0 Å². The third kappa shape index (κ3) is 2.76. The fourth-order valence-corrected chi connectivity index (χ4v) is 4.25. The van der Waals surface area contributed by atoms with Gasteiger partial charge in [-0.25, -0.2) is 0 Å². The molecule has 1 saturated heterocycles. The lowest BCUT2D eigenvalue weighted by Crippen LogP contribution is -2.32. The fourth-order valence-electron chi connectivity index (χ4n) is 2.87. The van der Waals surface area contributed by atoms with Gasteiger partial charge in [0, 0.05) is 19.2 Å². The van der Waals surface area contributed by atoms with Crippen LogP contribution in [0.3, 0.4) is 0 Å². The van der Waals surface area contributed by atoms with Crippen molar-refractivity contribution in [2.75, 3.05) is 31.7 Å². The van der Waals surface area contributed by atoms with E-state index in [9.17, 15) is 9.59 Å². The van der Waals surface area contributed by atoms with Crippen LogP contribution in [0, 0.1) is 0 Å². The maximum atomic E-state index is 12.9. The number of carbonyl (C=O) groups excluding carboxylic acids is 2. The summed E-state index contributed by atoms with van der Waals surface area (Å²) in [5.41, 5.74) is 2.14. The molecule has 7 heteroatoms. The summed E-state index contributed by atoms with van der Waals surface area (Å²) in [5.74, 6) is -0.330. The van der Waals surface area contributed by atoms with Crippen LogP contribution < -0.4 is 4.90 Å². The highest BCUT2D eigenvalue weighted by Crippen LogP contribution is 2.44. The molecule has 2 heterocycles. The van der Waals surface area contributed by atoms with Gasteiger partial charge in [-0.1, -0.05) is 49.1 Å². The third-order valence-electron chi connectivity index (χ3n) is 3.97. The fraction of sp³-hybridized carbons (Fsp3) is 0.353. The number of hydrogen-bond donors (Lipinski definition) is 0. The van der Waals surface area contributed by atoms with Crippen LogP contribution in [0.15, 0.2) is 29.2 Å². The van der Waals surface area contributed by atoms with Gasteiger partial charge in [0.25, 0.3) is 11.8 Å². The van der Waals surface area contributed by atoms with Crippen LogP contribution in [0.25, 0.3) is 5.57 Å². The quantitative estimate of drug-likeness (QED) is 0.595. The zero-order valence-corrected chi connectivity index (χ0v) is 15.2. The molecule has 2 aliphatic heterocycles. The summed E-state index contributed by atoms with van der Waals surface area (Å²) in [6.07, 6.45) is 0.849. The monoisotopic (exact) mass is 362 g/mol. The van der Waals surface area contributed by atoms with Crippen LogP contribution in [-0.4, -0.2) is 47.8 Å². The number of ether oxygens (including phenoxy) is 1. The van der Waals surface area contributed by atoms with Gasteiger partial charge in [-0.15, -0.1) is 0 Å². The second kappa shape index (κ2) is 7.04. The predicted octanol–water partition coefficient (Wildman–Crippen LogP) is 2.66. The molecule has 126 valence electrons. The average Bonchev–Trinajstić information content (AvgIpc) is 3.01. The molecule has 24 heavy (non-hydrogen) atoms. The third-order valence-corrected chi connectivity index (χ3v) is 5.41. The number of benzene rings is 1. The van der Waals surface area contributed by atoms with Crippen molar-refractivity contribution >= 4 is 51.4 Å². The summed E-state index contributed by atoms with van der Waals surface area (Å²) in [7, 11) is 1.58. The van der Waals surface area contributed by atoms with Gasteiger partial charge in [-0.2, -0.15) is 0 Å². The second-order valence-corrected chi connectivity index (χ2v) is 7.14. The molecule has 1 aromatic rings. The summed E-state index contributed by atoms with van der Waals surface area (Å²) in [6, 6.07) is 7.59. The van der Waals surface area contributed by atoms with Crippen LogP contribution in [-0.2, 0) is 14.3 Å². The van der Waals surface area contributed by atoms with Crippen molar-refractivity contribution in [1.29, 1.82) is 0 Å². The molecule has 2 amide bonds. The number of para-hydroxylation sites is 1. The lowest BCUT2D eigenvalue weighted by Gasteiger charge is -2.15. The predicted molar refractivity (Wildman–Crippen MR) is 99.8 cm³/mol. The number of hydrogen-bond acceptors (Lipinski definition) is 5. The molecule has 3 rings (SSSR count). The largest absolute Gasteiger partial charge is 0.383 e. The molecule has 0 aromatic heterocycles. The van der Waals surface area contributed by atoms with Gasteiger partial charge in [-0.05, 0) is 12.5 Å². The maximum Gasteiger partial charge on any atom is 0.267 e. The lowest BCUT2D eigenvalue weighted by molar-refractivity contribution is -0.123. The van der Waals surface area contributed by atoms with E-state index >= 15 is 0 Å². The minimum Gasteiger partial charge on any atom is -0.383 e. The highest BCUT2D eigenvalue weighted by molar-refractivity contribution is 8.26. The molecule has 0 aliphatic carbocycles. The molecule has 0 unspecified atom stereocenters. The van der Waals surface area contributed by atoms with Crippen LogP contribution in [0.2, 0.25) is 0 Å². The van der Waals surface area contributed by atoms with Crippen molar-refractivity contribution in [3.8, 4) is 0 Å². The van der Waals surface area contributed by atoms with Crippen molar-refractivity contribution in [1.82, 2.24) is 4.90 Å². The van der Waals surface area contributed by atoms with Gasteiger partial charge in [0.05, 0.1) is 29.3 Å². The van der Waals surface area contributed by atoms with Crippen LogP contribution in [0.1, 0.15) is 18.9 Å². The van der Waals surface area contributed by atoms with Crippen molar-refractivity contribution in [2.45, 2.75) is 13.3 Å². The Balaban J connectivity index is 2.05. The molecule has 0 saturated carbocycles. The normalized spacial score (nSPS) is 20.3. The molecule has 1 fully saturated rings. The first-order valence-corrected chi connectivity index (χ1v) is 9.00. The van der Waals surface area contributed by atoms with E-state index in [1.165, 1.54) is 16.7 Å². The lowest BCUT2D eigenvalue weighted by atomic mass is 10.1. The number of rotatable bonds is 5. The van der Waals surface area contributed by atoms with Gasteiger partial charge >= 0.3 is 0 Å². The molecule has 0 radical (unpaired) electrons. The molecule has 0 spiro atoms. The molecule has 0 N–H and O–H groups in total. The molecular weight excluding hydrogens is 344 g/mol. The number of thioether (sulfide) groups is 1. The molecule has 1 aromatic carbocycles. The maximum absolute atomic E-state index is 12.9. The van der Waals surface area contributed by atoms with E-state index in [-0.39, 0.29) is 11.8 Å². The SMILES string of the molecule is CCCN1C(=O)/C(=C2/SC(=S)N(CCOC)C2=O)c2ccccc21. The summed E-state index contributed by atoms with van der Waals surface area (Å²) in [5, 5.41) is 0. The summed E-state index contributed by atoms with van der Waals surface area (Å²) < 4.78 is 5.50. The molecule has 0 atom stereocenters. The minimum absolute atomic E-state index is 0.120. The molecular formula is C17H18N2O3S2. The first kappa shape index (κ1) is 17.1. The van der Waals surface area contributed by atoms with E-state index in [0.29, 0.717) is 34.5 Å². The Labute approximate surface area is 150 Å². The Kier molecular flexibility index (Phi) is 5.03. The Morgan fingerprint density at radius 2 is 1.88 bits per heavy atom. The zero-order valence-electron chi connectivity index (χ0n) is 13.6. The highest BCUT2D eigenvalue weighted by atomic mass is 32.2. The van der Waals surface area contributed by atoms with E-state index in [1.54, 1.807) is 12.0 Å². The number of nitrogens with zero attached hydrogens (tertiary/aromatic N) is 2. The van der Waals surface area contributed by atoms with Crippen molar-refractivity contribution in [2.24, 2.45) is 0 Å². The van der Waals surface area contributed by atoms with E-state index in [2.05, 4.69) is 0 Å². The van der Waals surface area contributed by atoms with Crippen LogP contribution in [0.5, 0.6) is 0 Å². The van der Waals surface area contributed by atoms with E-state index in [0.717, 1.165) is 17.7 Å². The van der Waals surface area contributed by atoms with Crippen LogP contribution >= 0.6 is 24.0 Å². The van der Waals surface area contributed by atoms with Crippen molar-refractivity contribution in [3.63, 3.8) is 0 Å². The van der Waals surface area contributed by atoms with Gasteiger partial charge in [0.1, 0.15) is 4.32 Å². The van der Waals surface area contributed by atoms with E-state index < -0.39 is 0 Å². The Bertz CT molecular complexity index is 745. The topological polar surface area (TPSA) is 49.9 Å². The smallest absolute Gasteiger partial charge is 0.267 e. The molecule has 0 bridgehead atoms. The van der Waals surface area contributed by atoms with Crippen molar-refractivity contribution in [3.05, 3.63) is 34.7 Å². The number of anilines is 1. The van der Waals surface area contributed by atoms with Gasteiger partial charge in [-0.3, -0.25) is 14.5 Å². The van der Waals surface area contributed by atoms with E-state index in [1.807, 2.05) is 31.2 Å². The van der Waals surface area contributed by atoms with Gasteiger partial charge in [0.15, 0.2) is 0 Å². The Morgan fingerprint density at radius 3 is 2.58 bits per heavy atom. The average molecular weight is 362 g/mol. The van der Waals surface area contributed by atoms with Gasteiger partial charge in [0.2, 0.25) is 0 Å². The molecule has 2 aliphatic rings. The number of thiocarbonyl (C=S) groups is 1. The number of carbonyl (C=O) groups is 2. The summed E-state index contributed by atoms with van der Waals surface area (Å²) in [6.45, 7) is 3.45. The first-order chi connectivity index (χ1) is 11.6. The Hall–Kier alpha value is -1.70. The summed E-state index contributed by atoms with van der Waals surface area (Å²) >= 11 is 6.52. The number of methoxy groups -OCH3 is 1. The minimum atomic E-state index is -0.210. The second-order valence-electron chi connectivity index (χ2n) is 5.50. The van der Waals surface area contributed by atoms with Crippen molar-refractivity contribution < 1.29 is 14.3 Å². The molecule has 5 nitrogen and oxygen atoms in total. The number of amides is 2. The van der Waals surface area contributed by atoms with Crippen LogP contribution in [0.4, 0.5) is 5.69 Å². The van der Waals surface area contributed by atoms with Gasteiger partial charge < -0.3 is 9.64 Å². The first-order valence-electron chi connectivity index (χ1n) is 7.78.